The number of benzene rings is 2. The summed E-state index contributed by atoms with van der Waals surface area (Å²) in [7, 11) is 0. The van der Waals surface area contributed by atoms with Crippen molar-refractivity contribution in [1.82, 2.24) is 9.97 Å². The first-order valence-corrected chi connectivity index (χ1v) is 9.01. The van der Waals surface area contributed by atoms with Crippen LogP contribution in [-0.4, -0.2) is 21.7 Å². The standard InChI is InChI=1S/C21H19ClN4O2/c1-12-4-7-16(22)10-18(12)26-20-11-19(23-14(3)24-20)21(28)25-17-8-5-15(6-9-17)13(2)27/h4-11H,1-3H3,(H,25,28)(H,23,24,26). The summed E-state index contributed by atoms with van der Waals surface area (Å²) in [4.78, 5) is 32.5. The molecule has 0 fully saturated rings. The second-order valence-corrected chi connectivity index (χ2v) is 6.79. The zero-order chi connectivity index (χ0) is 20.3. The smallest absolute Gasteiger partial charge is 0.274 e. The number of aromatic nitrogens is 2. The van der Waals surface area contributed by atoms with Gasteiger partial charge in [0.25, 0.3) is 5.91 Å². The van der Waals surface area contributed by atoms with E-state index in [1.807, 2.05) is 19.1 Å². The normalized spacial score (nSPS) is 10.4. The molecule has 2 aromatic carbocycles. The maximum Gasteiger partial charge on any atom is 0.274 e. The summed E-state index contributed by atoms with van der Waals surface area (Å²) < 4.78 is 0. The van der Waals surface area contributed by atoms with Gasteiger partial charge in [-0.3, -0.25) is 9.59 Å². The van der Waals surface area contributed by atoms with E-state index in [1.54, 1.807) is 43.3 Å². The molecule has 0 aliphatic heterocycles. The molecule has 0 aliphatic carbocycles. The summed E-state index contributed by atoms with van der Waals surface area (Å²) in [5, 5.41) is 6.56. The van der Waals surface area contributed by atoms with Crippen molar-refractivity contribution in [2.75, 3.05) is 10.6 Å². The van der Waals surface area contributed by atoms with Crippen LogP contribution in [0.25, 0.3) is 0 Å². The molecule has 0 atom stereocenters. The lowest BCUT2D eigenvalue weighted by atomic mass is 10.1. The number of hydrogen-bond acceptors (Lipinski definition) is 5. The number of Topliss-reactive ketones (excluding diaryl/α,β-unsaturated/α-hetero) is 1. The Hall–Kier alpha value is -3.25. The average molecular weight is 395 g/mol. The van der Waals surface area contributed by atoms with E-state index in [4.69, 9.17) is 11.6 Å². The highest BCUT2D eigenvalue weighted by Gasteiger charge is 2.12. The first-order chi connectivity index (χ1) is 13.3. The SMILES string of the molecule is CC(=O)c1ccc(NC(=O)c2cc(Nc3cc(Cl)ccc3C)nc(C)n2)cc1. The average Bonchev–Trinajstić information content (AvgIpc) is 2.64. The molecule has 0 unspecified atom stereocenters. The zero-order valence-electron chi connectivity index (χ0n) is 15.7. The molecule has 0 bridgehead atoms. The Morgan fingerprint density at radius 1 is 0.964 bits per heavy atom. The van der Waals surface area contributed by atoms with Crippen LogP contribution in [0.5, 0.6) is 0 Å². The molecule has 142 valence electrons. The fourth-order valence-electron chi connectivity index (χ4n) is 2.60. The third kappa shape index (κ3) is 4.72. The van der Waals surface area contributed by atoms with Crippen molar-refractivity contribution >= 4 is 40.5 Å². The first-order valence-electron chi connectivity index (χ1n) is 8.63. The molecule has 7 heteroatoms. The van der Waals surface area contributed by atoms with Crippen LogP contribution in [0.2, 0.25) is 5.02 Å². The van der Waals surface area contributed by atoms with Gasteiger partial charge in [0.15, 0.2) is 5.78 Å². The zero-order valence-corrected chi connectivity index (χ0v) is 16.5. The van der Waals surface area contributed by atoms with Crippen LogP contribution in [0, 0.1) is 13.8 Å². The Morgan fingerprint density at radius 3 is 2.36 bits per heavy atom. The Labute approximate surface area is 168 Å². The second kappa shape index (κ2) is 8.19. The molecule has 0 aliphatic rings. The molecule has 2 N–H and O–H groups in total. The molecule has 0 spiro atoms. The van der Waals surface area contributed by atoms with Crippen LogP contribution in [-0.2, 0) is 0 Å². The van der Waals surface area contributed by atoms with E-state index < -0.39 is 0 Å². The van der Waals surface area contributed by atoms with Crippen molar-refractivity contribution in [2.24, 2.45) is 0 Å². The largest absolute Gasteiger partial charge is 0.340 e. The van der Waals surface area contributed by atoms with Gasteiger partial charge in [0.2, 0.25) is 0 Å². The van der Waals surface area contributed by atoms with Crippen molar-refractivity contribution < 1.29 is 9.59 Å². The van der Waals surface area contributed by atoms with Crippen LogP contribution in [0.15, 0.2) is 48.5 Å². The van der Waals surface area contributed by atoms with E-state index in [2.05, 4.69) is 20.6 Å². The monoisotopic (exact) mass is 394 g/mol. The van der Waals surface area contributed by atoms with Gasteiger partial charge in [-0.15, -0.1) is 0 Å². The van der Waals surface area contributed by atoms with Gasteiger partial charge in [0, 0.05) is 28.0 Å². The van der Waals surface area contributed by atoms with Gasteiger partial charge in [0.1, 0.15) is 17.3 Å². The van der Waals surface area contributed by atoms with Crippen LogP contribution in [0.3, 0.4) is 0 Å². The third-order valence-electron chi connectivity index (χ3n) is 4.08. The molecular weight excluding hydrogens is 376 g/mol. The summed E-state index contributed by atoms with van der Waals surface area (Å²) in [5.74, 6) is 0.556. The highest BCUT2D eigenvalue weighted by molar-refractivity contribution is 6.30. The lowest BCUT2D eigenvalue weighted by Gasteiger charge is -2.11. The number of nitrogens with one attached hydrogen (secondary N) is 2. The van der Waals surface area contributed by atoms with Gasteiger partial charge in [-0.1, -0.05) is 17.7 Å². The molecule has 0 radical (unpaired) electrons. The van der Waals surface area contributed by atoms with E-state index in [1.165, 1.54) is 6.92 Å². The Balaban J connectivity index is 1.81. The van der Waals surface area contributed by atoms with Crippen LogP contribution < -0.4 is 10.6 Å². The molecule has 3 aromatic rings. The van der Waals surface area contributed by atoms with E-state index in [9.17, 15) is 9.59 Å². The number of carbonyl (C=O) groups excluding carboxylic acids is 2. The minimum absolute atomic E-state index is 0.0312. The quantitative estimate of drug-likeness (QED) is 0.598. The Kier molecular flexibility index (Phi) is 5.70. The fourth-order valence-corrected chi connectivity index (χ4v) is 2.77. The molecule has 1 heterocycles. The molecular formula is C21H19ClN4O2. The molecule has 1 amide bonds. The topological polar surface area (TPSA) is 84.0 Å². The van der Waals surface area contributed by atoms with Crippen LogP contribution >= 0.6 is 11.6 Å². The number of nitrogens with zero attached hydrogens (tertiary/aromatic N) is 2. The predicted octanol–water partition coefficient (Wildman–Crippen LogP) is 4.95. The molecule has 0 saturated heterocycles. The summed E-state index contributed by atoms with van der Waals surface area (Å²) >= 11 is 6.06. The van der Waals surface area contributed by atoms with E-state index in [0.29, 0.717) is 27.9 Å². The lowest BCUT2D eigenvalue weighted by molar-refractivity contribution is 0.101. The molecule has 3 rings (SSSR count). The summed E-state index contributed by atoms with van der Waals surface area (Å²) in [6, 6.07) is 13.8. The van der Waals surface area contributed by atoms with Crippen molar-refractivity contribution in [2.45, 2.75) is 20.8 Å². The van der Waals surface area contributed by atoms with Gasteiger partial charge < -0.3 is 10.6 Å². The maximum absolute atomic E-state index is 12.6. The van der Waals surface area contributed by atoms with Crippen LogP contribution in [0.1, 0.15) is 39.2 Å². The van der Waals surface area contributed by atoms with E-state index in [-0.39, 0.29) is 17.4 Å². The fraction of sp³-hybridized carbons (Fsp3) is 0.143. The lowest BCUT2D eigenvalue weighted by Crippen LogP contribution is -2.15. The van der Waals surface area contributed by atoms with E-state index >= 15 is 0 Å². The summed E-state index contributed by atoms with van der Waals surface area (Å²) in [6.45, 7) is 5.16. The number of amides is 1. The minimum atomic E-state index is -0.369. The molecule has 1 aromatic heterocycles. The van der Waals surface area contributed by atoms with Gasteiger partial charge in [0.05, 0.1) is 0 Å². The summed E-state index contributed by atoms with van der Waals surface area (Å²) in [5.41, 5.74) is 3.19. The van der Waals surface area contributed by atoms with Gasteiger partial charge in [-0.25, -0.2) is 9.97 Å². The third-order valence-corrected chi connectivity index (χ3v) is 4.32. The second-order valence-electron chi connectivity index (χ2n) is 6.36. The number of aryl methyl sites for hydroxylation is 2. The van der Waals surface area contributed by atoms with Gasteiger partial charge in [-0.05, 0) is 62.7 Å². The summed E-state index contributed by atoms with van der Waals surface area (Å²) in [6.07, 6.45) is 0. The van der Waals surface area contributed by atoms with E-state index in [0.717, 1.165) is 11.3 Å². The number of carbonyl (C=O) groups is 2. The van der Waals surface area contributed by atoms with Crippen molar-refractivity contribution in [3.8, 4) is 0 Å². The van der Waals surface area contributed by atoms with Crippen molar-refractivity contribution in [3.63, 3.8) is 0 Å². The number of ketones is 1. The number of rotatable bonds is 5. The Morgan fingerprint density at radius 2 is 1.68 bits per heavy atom. The highest BCUT2D eigenvalue weighted by Crippen LogP contribution is 2.24. The number of halogens is 1. The number of hydrogen-bond donors (Lipinski definition) is 2. The predicted molar refractivity (Wildman–Crippen MR) is 111 cm³/mol. The molecule has 6 nitrogen and oxygen atoms in total. The Bertz CT molecular complexity index is 1050. The minimum Gasteiger partial charge on any atom is -0.340 e. The molecule has 28 heavy (non-hydrogen) atoms. The highest BCUT2D eigenvalue weighted by atomic mass is 35.5. The van der Waals surface area contributed by atoms with Crippen LogP contribution in [0.4, 0.5) is 17.2 Å². The maximum atomic E-state index is 12.6. The first kappa shape index (κ1) is 19.5. The van der Waals surface area contributed by atoms with Crippen molar-refractivity contribution in [1.29, 1.82) is 0 Å². The molecule has 0 saturated carbocycles. The van der Waals surface area contributed by atoms with Crippen molar-refractivity contribution in [3.05, 3.63) is 76.2 Å². The van der Waals surface area contributed by atoms with Gasteiger partial charge >= 0.3 is 0 Å². The van der Waals surface area contributed by atoms with Gasteiger partial charge in [-0.2, -0.15) is 0 Å². The number of anilines is 3.